The second-order valence-electron chi connectivity index (χ2n) is 5.81. The topological polar surface area (TPSA) is 17.1 Å². The molecule has 0 atom stereocenters. The van der Waals surface area contributed by atoms with E-state index in [4.69, 9.17) is 0 Å². The molecule has 114 valence electrons. The van der Waals surface area contributed by atoms with Gasteiger partial charge in [0.2, 0.25) is 0 Å². The largest absolute Gasteiger partial charge is 0.289 e. The van der Waals surface area contributed by atoms with Crippen LogP contribution in [0.3, 0.4) is 0 Å². The highest BCUT2D eigenvalue weighted by molar-refractivity contribution is 6.51. The Morgan fingerprint density at radius 1 is 0.500 bits per heavy atom. The molecule has 0 heterocycles. The Morgan fingerprint density at radius 2 is 0.875 bits per heavy atom. The Hall–Kier alpha value is -3.19. The molecule has 1 aliphatic carbocycles. The van der Waals surface area contributed by atoms with Crippen molar-refractivity contribution < 1.29 is 4.79 Å². The summed E-state index contributed by atoms with van der Waals surface area (Å²) in [6.07, 6.45) is 3.96. The lowest BCUT2D eigenvalue weighted by Gasteiger charge is -1.99. The van der Waals surface area contributed by atoms with Crippen LogP contribution in [0.15, 0.2) is 84.9 Å². The maximum atomic E-state index is 13.0. The van der Waals surface area contributed by atoms with Gasteiger partial charge in [-0.25, -0.2) is 0 Å². The SMILES string of the molecule is O=C1C(=Cc2ccccc2)c2ccccc2C1=Cc1ccccc1. The Bertz CT molecular complexity index is 869. The lowest BCUT2D eigenvalue weighted by Crippen LogP contribution is -1.94. The zero-order chi connectivity index (χ0) is 16.4. The van der Waals surface area contributed by atoms with Gasteiger partial charge in [-0.2, -0.15) is 0 Å². The molecule has 0 radical (unpaired) electrons. The van der Waals surface area contributed by atoms with E-state index in [1.165, 1.54) is 0 Å². The minimum Gasteiger partial charge on any atom is -0.289 e. The van der Waals surface area contributed by atoms with Gasteiger partial charge in [0.25, 0.3) is 0 Å². The summed E-state index contributed by atoms with van der Waals surface area (Å²) < 4.78 is 0. The highest BCUT2D eigenvalue weighted by Crippen LogP contribution is 2.39. The number of fused-ring (bicyclic) bond motifs is 1. The van der Waals surface area contributed by atoms with E-state index < -0.39 is 0 Å². The number of ketones is 1. The summed E-state index contributed by atoms with van der Waals surface area (Å²) in [5.41, 5.74) is 5.62. The summed E-state index contributed by atoms with van der Waals surface area (Å²) in [7, 11) is 0. The molecule has 0 fully saturated rings. The van der Waals surface area contributed by atoms with Crippen LogP contribution in [0.4, 0.5) is 0 Å². The van der Waals surface area contributed by atoms with Gasteiger partial charge in [0.05, 0.1) is 0 Å². The third-order valence-corrected chi connectivity index (χ3v) is 4.22. The van der Waals surface area contributed by atoms with E-state index in [9.17, 15) is 4.79 Å². The average Bonchev–Trinajstić information content (AvgIpc) is 2.90. The van der Waals surface area contributed by atoms with Crippen LogP contribution in [-0.2, 0) is 4.79 Å². The molecule has 1 aliphatic rings. The van der Waals surface area contributed by atoms with E-state index in [-0.39, 0.29) is 5.78 Å². The van der Waals surface area contributed by atoms with Crippen molar-refractivity contribution in [3.8, 4) is 0 Å². The molecule has 4 rings (SSSR count). The standard InChI is InChI=1S/C23H16O/c24-23-21(15-17-9-3-1-4-10-17)19-13-7-8-14-20(19)22(23)16-18-11-5-2-6-12-18/h1-16H. The van der Waals surface area contributed by atoms with Gasteiger partial charge >= 0.3 is 0 Å². The maximum absolute atomic E-state index is 13.0. The zero-order valence-corrected chi connectivity index (χ0v) is 13.1. The van der Waals surface area contributed by atoms with Crippen LogP contribution in [0, 0.1) is 0 Å². The summed E-state index contributed by atoms with van der Waals surface area (Å²) in [5, 5.41) is 0. The van der Waals surface area contributed by atoms with E-state index in [0.717, 1.165) is 33.4 Å². The summed E-state index contributed by atoms with van der Waals surface area (Å²) in [4.78, 5) is 13.0. The monoisotopic (exact) mass is 308 g/mol. The van der Waals surface area contributed by atoms with Crippen LogP contribution in [0.2, 0.25) is 0 Å². The minimum absolute atomic E-state index is 0.0870. The molecule has 0 saturated heterocycles. The quantitative estimate of drug-likeness (QED) is 0.583. The fraction of sp³-hybridized carbons (Fsp3) is 0. The van der Waals surface area contributed by atoms with Gasteiger partial charge in [-0.05, 0) is 34.4 Å². The van der Waals surface area contributed by atoms with Crippen molar-refractivity contribution in [1.82, 2.24) is 0 Å². The Labute approximate surface area is 141 Å². The first-order valence-electron chi connectivity index (χ1n) is 8.01. The van der Waals surface area contributed by atoms with E-state index in [0.29, 0.717) is 0 Å². The molecule has 3 aromatic carbocycles. The number of benzene rings is 3. The van der Waals surface area contributed by atoms with E-state index in [2.05, 4.69) is 0 Å². The normalized spacial score (nSPS) is 16.6. The molecule has 0 amide bonds. The number of hydrogen-bond donors (Lipinski definition) is 0. The smallest absolute Gasteiger partial charge is 0.194 e. The predicted molar refractivity (Wildman–Crippen MR) is 100 cm³/mol. The highest BCUT2D eigenvalue weighted by atomic mass is 16.1. The van der Waals surface area contributed by atoms with Gasteiger partial charge in [-0.3, -0.25) is 4.79 Å². The third-order valence-electron chi connectivity index (χ3n) is 4.22. The van der Waals surface area contributed by atoms with Gasteiger partial charge in [0.1, 0.15) is 0 Å². The van der Waals surface area contributed by atoms with E-state index in [1.54, 1.807) is 0 Å². The molecule has 0 N–H and O–H groups in total. The molecule has 24 heavy (non-hydrogen) atoms. The number of carbonyl (C=O) groups excluding carboxylic acids is 1. The number of Topliss-reactive ketones (excluding diaryl/α,β-unsaturated/α-hetero) is 1. The average molecular weight is 308 g/mol. The molecule has 1 nitrogen and oxygen atoms in total. The number of hydrogen-bond acceptors (Lipinski definition) is 1. The molecule has 1 heteroatoms. The fourth-order valence-electron chi connectivity index (χ4n) is 3.06. The number of carbonyl (C=O) groups is 1. The van der Waals surface area contributed by atoms with E-state index >= 15 is 0 Å². The first-order chi connectivity index (χ1) is 11.8. The number of allylic oxidation sites excluding steroid dienone is 2. The van der Waals surface area contributed by atoms with Gasteiger partial charge in [-0.15, -0.1) is 0 Å². The van der Waals surface area contributed by atoms with Crippen molar-refractivity contribution in [3.63, 3.8) is 0 Å². The summed E-state index contributed by atoms with van der Waals surface area (Å²) in [5.74, 6) is 0.0870. The molecule has 0 aliphatic heterocycles. The van der Waals surface area contributed by atoms with Crippen molar-refractivity contribution in [2.24, 2.45) is 0 Å². The van der Waals surface area contributed by atoms with Crippen LogP contribution in [-0.4, -0.2) is 5.78 Å². The van der Waals surface area contributed by atoms with Crippen molar-refractivity contribution >= 4 is 29.1 Å². The first-order valence-corrected chi connectivity index (χ1v) is 8.01. The predicted octanol–water partition coefficient (Wildman–Crippen LogP) is 5.35. The van der Waals surface area contributed by atoms with Gasteiger partial charge in [0.15, 0.2) is 5.78 Å². The van der Waals surface area contributed by atoms with Crippen molar-refractivity contribution in [1.29, 1.82) is 0 Å². The first kappa shape index (κ1) is 14.4. The Kier molecular flexibility index (Phi) is 3.68. The Balaban J connectivity index is 1.86. The molecule has 0 unspecified atom stereocenters. The third kappa shape index (κ3) is 2.61. The maximum Gasteiger partial charge on any atom is 0.194 e. The lowest BCUT2D eigenvalue weighted by atomic mass is 10.0. The lowest BCUT2D eigenvalue weighted by molar-refractivity contribution is -0.108. The Morgan fingerprint density at radius 3 is 1.29 bits per heavy atom. The van der Waals surface area contributed by atoms with Crippen LogP contribution >= 0.6 is 0 Å². The number of rotatable bonds is 2. The molecule has 0 saturated carbocycles. The summed E-state index contributed by atoms with van der Waals surface area (Å²) in [6.45, 7) is 0. The summed E-state index contributed by atoms with van der Waals surface area (Å²) in [6, 6.07) is 28.0. The van der Waals surface area contributed by atoms with Crippen LogP contribution in [0.5, 0.6) is 0 Å². The van der Waals surface area contributed by atoms with Gasteiger partial charge in [0, 0.05) is 11.1 Å². The molecular weight excluding hydrogens is 292 g/mol. The molecule has 0 aromatic heterocycles. The molecule has 0 bridgehead atoms. The molecule has 3 aromatic rings. The van der Waals surface area contributed by atoms with Crippen LogP contribution < -0.4 is 0 Å². The van der Waals surface area contributed by atoms with Crippen molar-refractivity contribution in [2.75, 3.05) is 0 Å². The fourth-order valence-corrected chi connectivity index (χ4v) is 3.06. The second kappa shape index (κ2) is 6.13. The molecular formula is C23H16O. The van der Waals surface area contributed by atoms with E-state index in [1.807, 2.05) is 97.1 Å². The van der Waals surface area contributed by atoms with Crippen molar-refractivity contribution in [2.45, 2.75) is 0 Å². The zero-order valence-electron chi connectivity index (χ0n) is 13.1. The van der Waals surface area contributed by atoms with Crippen LogP contribution in [0.25, 0.3) is 23.3 Å². The van der Waals surface area contributed by atoms with Crippen molar-refractivity contribution in [3.05, 3.63) is 107 Å². The highest BCUT2D eigenvalue weighted by Gasteiger charge is 2.29. The summed E-state index contributed by atoms with van der Waals surface area (Å²) >= 11 is 0. The minimum atomic E-state index is 0.0870. The van der Waals surface area contributed by atoms with Gasteiger partial charge < -0.3 is 0 Å². The second-order valence-corrected chi connectivity index (χ2v) is 5.81. The van der Waals surface area contributed by atoms with Crippen LogP contribution in [0.1, 0.15) is 22.3 Å². The van der Waals surface area contributed by atoms with Gasteiger partial charge in [-0.1, -0.05) is 84.9 Å². The molecule has 0 spiro atoms.